The van der Waals surface area contributed by atoms with Gasteiger partial charge in [0, 0.05) is 5.56 Å². The molecule has 2 heterocycles. The minimum Gasteiger partial charge on any atom is -0.467 e. The summed E-state index contributed by atoms with van der Waals surface area (Å²) < 4.78 is 6.97. The molecule has 4 aromatic rings. The summed E-state index contributed by atoms with van der Waals surface area (Å²) in [6.45, 7) is 2.35. The molecule has 0 saturated heterocycles. The molecule has 0 fully saturated rings. The molecular formula is C22H19N3O2. The lowest BCUT2D eigenvalue weighted by Crippen LogP contribution is -2.25. The number of rotatable bonds is 5. The van der Waals surface area contributed by atoms with Crippen molar-refractivity contribution in [3.05, 3.63) is 96.1 Å². The number of hydrogen-bond donors (Lipinski definition) is 1. The summed E-state index contributed by atoms with van der Waals surface area (Å²) in [6, 6.07) is 23.2. The number of hydrogen-bond acceptors (Lipinski definition) is 3. The average molecular weight is 357 g/mol. The van der Waals surface area contributed by atoms with Crippen LogP contribution in [0.3, 0.4) is 0 Å². The standard InChI is InChI=1S/C22H19N3O2/c1-16-9-11-18(12-10-16)25-21(22(26)23-15-19-8-5-13-27-19)14-20(24-25)17-6-3-2-4-7-17/h2-14H,15H2,1H3,(H,23,26). The molecule has 0 aliphatic carbocycles. The molecule has 134 valence electrons. The highest BCUT2D eigenvalue weighted by atomic mass is 16.3. The molecular weight excluding hydrogens is 338 g/mol. The molecule has 0 atom stereocenters. The Labute approximate surface area is 157 Å². The third-order valence-electron chi connectivity index (χ3n) is 4.29. The van der Waals surface area contributed by atoms with Gasteiger partial charge in [-0.05, 0) is 37.3 Å². The smallest absolute Gasteiger partial charge is 0.270 e. The van der Waals surface area contributed by atoms with E-state index in [0.717, 1.165) is 22.5 Å². The number of carbonyl (C=O) groups is 1. The zero-order valence-electron chi connectivity index (χ0n) is 14.9. The highest BCUT2D eigenvalue weighted by Crippen LogP contribution is 2.22. The van der Waals surface area contributed by atoms with E-state index in [9.17, 15) is 4.79 Å². The first-order valence-electron chi connectivity index (χ1n) is 8.74. The molecule has 5 heteroatoms. The van der Waals surface area contributed by atoms with Gasteiger partial charge in [0.1, 0.15) is 11.5 Å². The third-order valence-corrected chi connectivity index (χ3v) is 4.29. The molecule has 1 amide bonds. The first kappa shape index (κ1) is 16.8. The molecule has 0 aliphatic heterocycles. The summed E-state index contributed by atoms with van der Waals surface area (Å²) in [6.07, 6.45) is 1.59. The van der Waals surface area contributed by atoms with E-state index >= 15 is 0 Å². The van der Waals surface area contributed by atoms with E-state index < -0.39 is 0 Å². The van der Waals surface area contributed by atoms with Crippen LogP contribution < -0.4 is 5.32 Å². The fourth-order valence-electron chi connectivity index (χ4n) is 2.85. The van der Waals surface area contributed by atoms with Gasteiger partial charge in [0.05, 0.1) is 24.2 Å². The molecule has 27 heavy (non-hydrogen) atoms. The van der Waals surface area contributed by atoms with Crippen LogP contribution in [0.4, 0.5) is 0 Å². The number of furan rings is 1. The van der Waals surface area contributed by atoms with Gasteiger partial charge in [-0.15, -0.1) is 0 Å². The Morgan fingerprint density at radius 2 is 1.81 bits per heavy atom. The van der Waals surface area contributed by atoms with Crippen LogP contribution in [0, 0.1) is 6.92 Å². The van der Waals surface area contributed by atoms with Crippen molar-refractivity contribution in [1.82, 2.24) is 15.1 Å². The van der Waals surface area contributed by atoms with Crippen LogP contribution in [0.25, 0.3) is 16.9 Å². The van der Waals surface area contributed by atoms with E-state index in [-0.39, 0.29) is 5.91 Å². The molecule has 5 nitrogen and oxygen atoms in total. The summed E-state index contributed by atoms with van der Waals surface area (Å²) >= 11 is 0. The van der Waals surface area contributed by atoms with E-state index in [1.807, 2.05) is 73.7 Å². The van der Waals surface area contributed by atoms with Gasteiger partial charge in [0.25, 0.3) is 5.91 Å². The quantitative estimate of drug-likeness (QED) is 0.577. The molecule has 0 saturated carbocycles. The second-order valence-corrected chi connectivity index (χ2v) is 6.29. The Bertz CT molecular complexity index is 1030. The van der Waals surface area contributed by atoms with Gasteiger partial charge >= 0.3 is 0 Å². The van der Waals surface area contributed by atoms with Crippen LogP contribution in [0.15, 0.2) is 83.5 Å². The Morgan fingerprint density at radius 3 is 2.52 bits per heavy atom. The molecule has 1 N–H and O–H groups in total. The largest absolute Gasteiger partial charge is 0.467 e. The SMILES string of the molecule is Cc1ccc(-n2nc(-c3ccccc3)cc2C(=O)NCc2ccco2)cc1. The van der Waals surface area contributed by atoms with Crippen molar-refractivity contribution in [2.45, 2.75) is 13.5 Å². The molecule has 0 unspecified atom stereocenters. The van der Waals surface area contributed by atoms with Crippen LogP contribution in [-0.4, -0.2) is 15.7 Å². The Kier molecular flexibility index (Phi) is 4.58. The first-order valence-corrected chi connectivity index (χ1v) is 8.74. The van der Waals surface area contributed by atoms with E-state index in [1.165, 1.54) is 0 Å². The molecule has 0 radical (unpaired) electrons. The second-order valence-electron chi connectivity index (χ2n) is 6.29. The van der Waals surface area contributed by atoms with Gasteiger partial charge in [0.2, 0.25) is 0 Å². The van der Waals surface area contributed by atoms with Gasteiger partial charge < -0.3 is 9.73 Å². The summed E-state index contributed by atoms with van der Waals surface area (Å²) in [5, 5.41) is 7.57. The van der Waals surface area contributed by atoms with Crippen LogP contribution in [0.2, 0.25) is 0 Å². The summed E-state index contributed by atoms with van der Waals surface area (Å²) in [5.74, 6) is 0.495. The maximum atomic E-state index is 12.8. The van der Waals surface area contributed by atoms with Gasteiger partial charge in [-0.25, -0.2) is 4.68 Å². The van der Waals surface area contributed by atoms with Crippen molar-refractivity contribution in [3.63, 3.8) is 0 Å². The fourth-order valence-corrected chi connectivity index (χ4v) is 2.85. The van der Waals surface area contributed by atoms with Gasteiger partial charge in [0.15, 0.2) is 0 Å². The number of carbonyl (C=O) groups excluding carboxylic acids is 1. The Morgan fingerprint density at radius 1 is 1.04 bits per heavy atom. The van der Waals surface area contributed by atoms with Gasteiger partial charge in [-0.3, -0.25) is 4.79 Å². The molecule has 4 rings (SSSR count). The van der Waals surface area contributed by atoms with Crippen LogP contribution in [0.1, 0.15) is 21.8 Å². The van der Waals surface area contributed by atoms with Crippen molar-refractivity contribution >= 4 is 5.91 Å². The number of amides is 1. The van der Waals surface area contributed by atoms with Crippen molar-refractivity contribution in [2.75, 3.05) is 0 Å². The number of aryl methyl sites for hydroxylation is 1. The normalized spacial score (nSPS) is 10.7. The highest BCUT2D eigenvalue weighted by molar-refractivity contribution is 5.94. The lowest BCUT2D eigenvalue weighted by Gasteiger charge is -2.08. The predicted octanol–water partition coefficient (Wildman–Crippen LogP) is 4.37. The molecule has 2 aromatic carbocycles. The van der Waals surface area contributed by atoms with Crippen LogP contribution >= 0.6 is 0 Å². The van der Waals surface area contributed by atoms with Crippen LogP contribution in [0.5, 0.6) is 0 Å². The Hall–Kier alpha value is -3.60. The number of nitrogens with zero attached hydrogens (tertiary/aromatic N) is 2. The van der Waals surface area contributed by atoms with Gasteiger partial charge in [-0.1, -0.05) is 48.0 Å². The van der Waals surface area contributed by atoms with Crippen molar-refractivity contribution in [3.8, 4) is 16.9 Å². The van der Waals surface area contributed by atoms with E-state index in [1.54, 1.807) is 17.0 Å². The monoisotopic (exact) mass is 357 g/mol. The second kappa shape index (κ2) is 7.33. The Balaban J connectivity index is 1.70. The lowest BCUT2D eigenvalue weighted by atomic mass is 10.1. The molecule has 0 bridgehead atoms. The number of benzene rings is 2. The lowest BCUT2D eigenvalue weighted by molar-refractivity contribution is 0.0940. The van der Waals surface area contributed by atoms with E-state index in [2.05, 4.69) is 10.4 Å². The topological polar surface area (TPSA) is 60.1 Å². The van der Waals surface area contributed by atoms with Crippen LogP contribution in [-0.2, 0) is 6.54 Å². The van der Waals surface area contributed by atoms with Crippen molar-refractivity contribution < 1.29 is 9.21 Å². The minimum atomic E-state index is -0.207. The molecule has 2 aromatic heterocycles. The number of aromatic nitrogens is 2. The van der Waals surface area contributed by atoms with E-state index in [0.29, 0.717) is 18.0 Å². The average Bonchev–Trinajstić information content (AvgIpc) is 3.37. The third kappa shape index (κ3) is 3.67. The highest BCUT2D eigenvalue weighted by Gasteiger charge is 2.17. The number of nitrogens with one attached hydrogen (secondary N) is 1. The van der Waals surface area contributed by atoms with Crippen molar-refractivity contribution in [1.29, 1.82) is 0 Å². The zero-order chi connectivity index (χ0) is 18.6. The van der Waals surface area contributed by atoms with E-state index in [4.69, 9.17) is 4.42 Å². The maximum Gasteiger partial charge on any atom is 0.270 e. The minimum absolute atomic E-state index is 0.207. The zero-order valence-corrected chi connectivity index (χ0v) is 14.9. The summed E-state index contributed by atoms with van der Waals surface area (Å²) in [7, 11) is 0. The summed E-state index contributed by atoms with van der Waals surface area (Å²) in [5.41, 5.74) is 4.18. The first-order chi connectivity index (χ1) is 13.2. The fraction of sp³-hybridized carbons (Fsp3) is 0.0909. The molecule has 0 spiro atoms. The van der Waals surface area contributed by atoms with Crippen molar-refractivity contribution in [2.24, 2.45) is 0 Å². The molecule has 0 aliphatic rings. The predicted molar refractivity (Wildman–Crippen MR) is 104 cm³/mol. The summed E-state index contributed by atoms with van der Waals surface area (Å²) in [4.78, 5) is 12.8. The maximum absolute atomic E-state index is 12.8. The van der Waals surface area contributed by atoms with Gasteiger partial charge in [-0.2, -0.15) is 5.10 Å².